The average Bonchev–Trinajstić information content (AvgIpc) is 3.09. The number of likely N-dealkylation sites (tertiary alicyclic amines) is 1. The molecule has 0 aromatic heterocycles. The summed E-state index contributed by atoms with van der Waals surface area (Å²) < 4.78 is 26.7. The average molecular weight is 403 g/mol. The fraction of sp³-hybridized carbons (Fsp3) is 0.947. The molecule has 154 valence electrons. The van der Waals surface area contributed by atoms with Crippen molar-refractivity contribution in [3.63, 3.8) is 0 Å². The number of rotatable bonds is 5. The van der Waals surface area contributed by atoms with Crippen LogP contribution in [0.3, 0.4) is 0 Å². The van der Waals surface area contributed by atoms with Crippen LogP contribution in [0.15, 0.2) is 0 Å². The van der Waals surface area contributed by atoms with Crippen molar-refractivity contribution in [1.82, 2.24) is 15.5 Å². The minimum Gasteiger partial charge on any atom is -0.340 e. The number of halogens is 2. The molecule has 0 radical (unpaired) electrons. The van der Waals surface area contributed by atoms with E-state index in [1.54, 1.807) is 11.8 Å². The van der Waals surface area contributed by atoms with Gasteiger partial charge in [0.2, 0.25) is 5.91 Å². The smallest absolute Gasteiger partial charge is 0.263 e. The first-order valence-corrected chi connectivity index (χ1v) is 11.5. The minimum absolute atomic E-state index is 0.0156. The zero-order valence-corrected chi connectivity index (χ0v) is 16.7. The summed E-state index contributed by atoms with van der Waals surface area (Å²) in [5, 5.41) is 6.63. The summed E-state index contributed by atoms with van der Waals surface area (Å²) in [5.74, 6) is -1.24. The first kappa shape index (κ1) is 19.9. The lowest BCUT2D eigenvalue weighted by Gasteiger charge is -2.39. The summed E-state index contributed by atoms with van der Waals surface area (Å²) in [6, 6.07) is -0.224. The molecule has 0 aromatic carbocycles. The summed E-state index contributed by atoms with van der Waals surface area (Å²) >= 11 is 1.58. The van der Waals surface area contributed by atoms with Crippen LogP contribution in [0.4, 0.5) is 8.78 Å². The molecule has 0 aromatic rings. The molecule has 2 aliphatic heterocycles. The van der Waals surface area contributed by atoms with Crippen molar-refractivity contribution in [2.45, 2.75) is 86.7 Å². The normalized spacial score (nSPS) is 41.1. The number of hydrogen-bond acceptors (Lipinski definition) is 5. The molecule has 6 atom stereocenters. The molecule has 5 nitrogen and oxygen atoms in total. The highest BCUT2D eigenvalue weighted by molar-refractivity contribution is 7.99. The van der Waals surface area contributed by atoms with Crippen molar-refractivity contribution in [3.8, 4) is 0 Å². The predicted molar refractivity (Wildman–Crippen MR) is 104 cm³/mol. The molecule has 1 amide bonds. The second-order valence-corrected chi connectivity index (χ2v) is 9.98. The molecule has 2 aliphatic carbocycles. The summed E-state index contributed by atoms with van der Waals surface area (Å²) in [4.78, 5) is 15.0. The van der Waals surface area contributed by atoms with Crippen molar-refractivity contribution >= 4 is 17.7 Å². The Hall–Kier alpha value is -0.440. The van der Waals surface area contributed by atoms with E-state index in [1.807, 2.05) is 4.90 Å². The van der Waals surface area contributed by atoms with Crippen LogP contribution >= 0.6 is 11.8 Å². The number of carbonyl (C=O) groups excluding carboxylic acids is 1. The lowest BCUT2D eigenvalue weighted by Crippen LogP contribution is -2.56. The van der Waals surface area contributed by atoms with Crippen LogP contribution in [0.5, 0.6) is 0 Å². The Morgan fingerprint density at radius 2 is 2.07 bits per heavy atom. The lowest BCUT2D eigenvalue weighted by molar-refractivity contribution is -0.134. The van der Waals surface area contributed by atoms with Gasteiger partial charge < -0.3 is 16.0 Å². The van der Waals surface area contributed by atoms with Crippen molar-refractivity contribution in [3.05, 3.63) is 0 Å². The van der Waals surface area contributed by atoms with E-state index in [4.69, 9.17) is 5.73 Å². The monoisotopic (exact) mass is 402 g/mol. The third-order valence-corrected chi connectivity index (χ3v) is 8.25. The number of carbonyl (C=O) groups is 1. The molecule has 4 rings (SSSR count). The second-order valence-electron chi connectivity index (χ2n) is 8.75. The van der Waals surface area contributed by atoms with Crippen LogP contribution < -0.4 is 16.4 Å². The lowest BCUT2D eigenvalue weighted by atomic mass is 9.85. The van der Waals surface area contributed by atoms with Gasteiger partial charge in [0.25, 0.3) is 5.92 Å². The zero-order chi connectivity index (χ0) is 19.0. The minimum atomic E-state index is -2.57. The first-order chi connectivity index (χ1) is 12.9. The molecule has 0 bridgehead atoms. The van der Waals surface area contributed by atoms with Gasteiger partial charge in [0, 0.05) is 42.7 Å². The van der Waals surface area contributed by atoms with E-state index >= 15 is 0 Å². The number of hydrogen-bond donors (Lipinski definition) is 3. The van der Waals surface area contributed by atoms with Crippen LogP contribution in [-0.4, -0.2) is 65.1 Å². The molecule has 2 heterocycles. The van der Waals surface area contributed by atoms with E-state index in [1.165, 1.54) is 25.7 Å². The maximum absolute atomic E-state index is 13.4. The molecular formula is C19H32F2N4OS. The van der Waals surface area contributed by atoms with Gasteiger partial charge in [-0.25, -0.2) is 8.78 Å². The van der Waals surface area contributed by atoms with Gasteiger partial charge in [-0.2, -0.15) is 0 Å². The molecule has 27 heavy (non-hydrogen) atoms. The topological polar surface area (TPSA) is 70.4 Å². The number of thioether (sulfide) groups is 1. The Balaban J connectivity index is 1.26. The Kier molecular flexibility index (Phi) is 5.98. The van der Waals surface area contributed by atoms with Crippen molar-refractivity contribution < 1.29 is 13.6 Å². The highest BCUT2D eigenvalue weighted by Crippen LogP contribution is 2.38. The maximum Gasteiger partial charge on any atom is 0.263 e. The molecule has 2 saturated heterocycles. The van der Waals surface area contributed by atoms with E-state index in [9.17, 15) is 13.6 Å². The van der Waals surface area contributed by atoms with E-state index < -0.39 is 12.0 Å². The number of nitrogens with zero attached hydrogens (tertiary/aromatic N) is 1. The van der Waals surface area contributed by atoms with E-state index in [0.717, 1.165) is 12.8 Å². The number of fused-ring (bicyclic) bond motifs is 1. The zero-order valence-electron chi connectivity index (χ0n) is 15.8. The largest absolute Gasteiger partial charge is 0.340 e. The molecule has 4 N–H and O–H groups in total. The number of nitrogens with two attached hydrogens (primary N) is 1. The molecule has 4 fully saturated rings. The Morgan fingerprint density at radius 1 is 1.26 bits per heavy atom. The van der Waals surface area contributed by atoms with Crippen LogP contribution in [0, 0.1) is 5.92 Å². The molecule has 4 aliphatic rings. The second kappa shape index (κ2) is 8.13. The van der Waals surface area contributed by atoms with Gasteiger partial charge in [-0.1, -0.05) is 12.8 Å². The van der Waals surface area contributed by atoms with Gasteiger partial charge in [0.1, 0.15) is 0 Å². The summed E-state index contributed by atoms with van der Waals surface area (Å²) in [7, 11) is 0. The van der Waals surface area contributed by atoms with Crippen LogP contribution in [0.25, 0.3) is 0 Å². The van der Waals surface area contributed by atoms with E-state index in [-0.39, 0.29) is 29.7 Å². The number of piperidine rings is 1. The SMILES string of the molecule is NC1CCN(C(=O)C2CC3CCCCC3N2)CC1SCNC1CCC1(F)F. The van der Waals surface area contributed by atoms with Crippen LogP contribution in [0.1, 0.15) is 51.4 Å². The number of amides is 1. The molecule has 6 unspecified atom stereocenters. The standard InChI is InChI=1S/C19H32F2N4OS/c20-19(21)7-5-17(19)23-11-27-16-10-25(8-6-13(16)22)18(26)15-9-12-3-1-2-4-14(12)24-15/h12-17,23-24H,1-11,22H2. The van der Waals surface area contributed by atoms with Crippen LogP contribution in [-0.2, 0) is 4.79 Å². The molecular weight excluding hydrogens is 370 g/mol. The van der Waals surface area contributed by atoms with Crippen molar-refractivity contribution in [2.24, 2.45) is 11.7 Å². The first-order valence-electron chi connectivity index (χ1n) is 10.5. The third-order valence-electron chi connectivity index (χ3n) is 6.99. The number of alkyl halides is 2. The Labute approximate surface area is 164 Å². The van der Waals surface area contributed by atoms with Crippen molar-refractivity contribution in [1.29, 1.82) is 0 Å². The van der Waals surface area contributed by atoms with Gasteiger partial charge in [-0.05, 0) is 38.0 Å². The highest BCUT2D eigenvalue weighted by Gasteiger charge is 2.48. The fourth-order valence-electron chi connectivity index (χ4n) is 5.06. The van der Waals surface area contributed by atoms with Crippen LogP contribution in [0.2, 0.25) is 0 Å². The van der Waals surface area contributed by atoms with E-state index in [0.29, 0.717) is 37.3 Å². The Morgan fingerprint density at radius 3 is 2.78 bits per heavy atom. The molecule has 0 spiro atoms. The molecule has 2 saturated carbocycles. The third kappa shape index (κ3) is 4.28. The van der Waals surface area contributed by atoms with Crippen molar-refractivity contribution in [2.75, 3.05) is 19.0 Å². The van der Waals surface area contributed by atoms with Gasteiger partial charge in [0.05, 0.1) is 12.1 Å². The fourth-order valence-corrected chi connectivity index (χ4v) is 6.24. The van der Waals surface area contributed by atoms with Gasteiger partial charge in [-0.3, -0.25) is 10.1 Å². The summed E-state index contributed by atoms with van der Waals surface area (Å²) in [6.45, 7) is 1.33. The predicted octanol–water partition coefficient (Wildman–Crippen LogP) is 1.91. The van der Waals surface area contributed by atoms with Gasteiger partial charge in [0.15, 0.2) is 0 Å². The quantitative estimate of drug-likeness (QED) is 0.613. The highest BCUT2D eigenvalue weighted by atomic mass is 32.2. The van der Waals surface area contributed by atoms with Gasteiger partial charge in [-0.15, -0.1) is 11.8 Å². The Bertz CT molecular complexity index is 538. The summed E-state index contributed by atoms with van der Waals surface area (Å²) in [5.41, 5.74) is 6.26. The maximum atomic E-state index is 13.4. The van der Waals surface area contributed by atoms with Gasteiger partial charge >= 0.3 is 0 Å². The molecule has 8 heteroatoms. The number of nitrogens with one attached hydrogen (secondary N) is 2. The summed E-state index contributed by atoms with van der Waals surface area (Å²) in [6.07, 6.45) is 7.23. The van der Waals surface area contributed by atoms with E-state index in [2.05, 4.69) is 10.6 Å².